The molecule has 0 saturated carbocycles. The predicted octanol–water partition coefficient (Wildman–Crippen LogP) is 5.03. The van der Waals surface area contributed by atoms with Crippen molar-refractivity contribution in [1.29, 1.82) is 5.26 Å². The van der Waals surface area contributed by atoms with Gasteiger partial charge in [-0.3, -0.25) is 4.79 Å². The van der Waals surface area contributed by atoms with Gasteiger partial charge in [-0.15, -0.1) is 0 Å². The van der Waals surface area contributed by atoms with Gasteiger partial charge < -0.3 is 20.2 Å². The molecule has 1 spiro atoms. The number of nitrogens with zero attached hydrogens (tertiary/aromatic N) is 4. The quantitative estimate of drug-likeness (QED) is 0.417. The molecule has 0 aromatic heterocycles. The second-order valence-corrected chi connectivity index (χ2v) is 10.4. The van der Waals surface area contributed by atoms with E-state index in [1.807, 2.05) is 0 Å². The highest BCUT2D eigenvalue weighted by atomic mass is 35.5. The van der Waals surface area contributed by atoms with E-state index in [0.29, 0.717) is 16.8 Å². The van der Waals surface area contributed by atoms with Gasteiger partial charge in [0, 0.05) is 35.2 Å². The molecule has 2 saturated heterocycles. The molecule has 0 bridgehead atoms. The van der Waals surface area contributed by atoms with Crippen LogP contribution >= 0.6 is 23.2 Å². The zero-order valence-corrected chi connectivity index (χ0v) is 22.5. The van der Waals surface area contributed by atoms with Crippen molar-refractivity contribution >= 4 is 58.5 Å². The number of anilines is 2. The standard InChI is InChI=1S/C28H21Cl2N5O5/c1-33-27(40)35(22-11-19(29)10-20(30)12-22)25(38)28(33)15-34(14-23(28)17-4-2-16(13-31)3-5-17)26(39)32-21-8-6-18(7-9-21)24(36)37/h2-12,23H,14-15H2,1H3,(H,32,39)(H,36,37)/t23-,28+/m0/s1. The molecule has 5 rings (SSSR count). The fourth-order valence-corrected chi connectivity index (χ4v) is 5.77. The number of carbonyl (C=O) groups excluding carboxylic acids is 3. The van der Waals surface area contributed by atoms with Crippen molar-refractivity contribution in [3.63, 3.8) is 0 Å². The molecule has 2 atom stereocenters. The number of benzene rings is 3. The minimum absolute atomic E-state index is 0.0666. The number of urea groups is 2. The summed E-state index contributed by atoms with van der Waals surface area (Å²) in [5, 5.41) is 21.6. The van der Waals surface area contributed by atoms with Crippen LogP contribution in [-0.2, 0) is 4.79 Å². The van der Waals surface area contributed by atoms with Gasteiger partial charge in [-0.1, -0.05) is 35.3 Å². The molecule has 0 aliphatic carbocycles. The highest BCUT2D eigenvalue weighted by Crippen LogP contribution is 2.46. The smallest absolute Gasteiger partial charge is 0.335 e. The highest BCUT2D eigenvalue weighted by molar-refractivity contribution is 6.36. The molecule has 2 fully saturated rings. The summed E-state index contributed by atoms with van der Waals surface area (Å²) in [5.41, 5.74) is 0.257. The van der Waals surface area contributed by atoms with Crippen LogP contribution in [0.15, 0.2) is 66.7 Å². The van der Waals surface area contributed by atoms with E-state index in [2.05, 4.69) is 11.4 Å². The normalized spacial score (nSPS) is 20.2. The van der Waals surface area contributed by atoms with Crippen molar-refractivity contribution in [2.45, 2.75) is 11.5 Å². The Bertz CT molecular complexity index is 1570. The van der Waals surface area contributed by atoms with Crippen molar-refractivity contribution < 1.29 is 24.3 Å². The first-order valence-corrected chi connectivity index (χ1v) is 12.8. The lowest BCUT2D eigenvalue weighted by Gasteiger charge is -2.33. The van der Waals surface area contributed by atoms with Gasteiger partial charge in [0.05, 0.1) is 29.4 Å². The van der Waals surface area contributed by atoms with Gasteiger partial charge >= 0.3 is 18.0 Å². The Labute approximate surface area is 238 Å². The maximum atomic E-state index is 14.2. The molecule has 40 heavy (non-hydrogen) atoms. The SMILES string of the molecule is CN1C(=O)N(c2cc(Cl)cc(Cl)c2)C(=O)[C@]12CN(C(=O)Nc1ccc(C(=O)O)cc1)C[C@H]2c1ccc(C#N)cc1. The van der Waals surface area contributed by atoms with Crippen molar-refractivity contribution in [3.05, 3.63) is 93.5 Å². The molecule has 10 nitrogen and oxygen atoms in total. The Morgan fingerprint density at radius 2 is 1.65 bits per heavy atom. The molecule has 0 radical (unpaired) electrons. The Hall–Kier alpha value is -4.59. The van der Waals surface area contributed by atoms with Crippen LogP contribution in [0.1, 0.15) is 27.4 Å². The average molecular weight is 578 g/mol. The number of imide groups is 1. The molecule has 2 N–H and O–H groups in total. The van der Waals surface area contributed by atoms with Crippen molar-refractivity contribution in [2.24, 2.45) is 0 Å². The van der Waals surface area contributed by atoms with Crippen LogP contribution in [0.3, 0.4) is 0 Å². The first kappa shape index (κ1) is 27.0. The van der Waals surface area contributed by atoms with E-state index >= 15 is 0 Å². The molecule has 5 amide bonds. The lowest BCUT2D eigenvalue weighted by Crippen LogP contribution is -2.54. The van der Waals surface area contributed by atoms with Crippen LogP contribution in [0.5, 0.6) is 0 Å². The first-order chi connectivity index (χ1) is 19.0. The third-order valence-electron chi connectivity index (χ3n) is 7.28. The molecule has 3 aromatic rings. The Morgan fingerprint density at radius 1 is 1.02 bits per heavy atom. The number of nitrogens with one attached hydrogen (secondary N) is 1. The van der Waals surface area contributed by atoms with Crippen molar-refractivity contribution in [1.82, 2.24) is 9.80 Å². The van der Waals surface area contributed by atoms with E-state index < -0.39 is 35.4 Å². The monoisotopic (exact) mass is 577 g/mol. The summed E-state index contributed by atoms with van der Waals surface area (Å²) < 4.78 is 0. The van der Waals surface area contributed by atoms with E-state index in [1.165, 1.54) is 59.3 Å². The van der Waals surface area contributed by atoms with Crippen LogP contribution in [0.2, 0.25) is 10.0 Å². The molecular weight excluding hydrogens is 557 g/mol. The van der Waals surface area contributed by atoms with Gasteiger partial charge in [-0.25, -0.2) is 19.3 Å². The fraction of sp³-hybridized carbons (Fsp3) is 0.179. The van der Waals surface area contributed by atoms with E-state index in [1.54, 1.807) is 24.3 Å². The van der Waals surface area contributed by atoms with Gasteiger partial charge in [0.2, 0.25) is 0 Å². The zero-order valence-electron chi connectivity index (χ0n) is 21.0. The van der Waals surface area contributed by atoms with Gasteiger partial charge in [-0.05, 0) is 60.2 Å². The second kappa shape index (κ2) is 10.2. The van der Waals surface area contributed by atoms with Gasteiger partial charge in [0.1, 0.15) is 5.54 Å². The van der Waals surface area contributed by atoms with E-state index in [0.717, 1.165) is 4.90 Å². The lowest BCUT2D eigenvalue weighted by molar-refractivity contribution is -0.124. The van der Waals surface area contributed by atoms with Crippen LogP contribution in [0.4, 0.5) is 21.0 Å². The number of carboxylic acids is 1. The predicted molar refractivity (Wildman–Crippen MR) is 148 cm³/mol. The molecule has 3 aromatic carbocycles. The van der Waals surface area contributed by atoms with E-state index in [9.17, 15) is 24.4 Å². The summed E-state index contributed by atoms with van der Waals surface area (Å²) in [6, 6.07) is 17.7. The molecular formula is C28H21Cl2N5O5. The third kappa shape index (κ3) is 4.49. The molecule has 0 unspecified atom stereocenters. The summed E-state index contributed by atoms with van der Waals surface area (Å²) in [6.45, 7) is -0.0406. The number of carboxylic acid groups (broad SMARTS) is 1. The van der Waals surface area contributed by atoms with Crippen LogP contribution < -0.4 is 10.2 Å². The van der Waals surface area contributed by atoms with Crippen molar-refractivity contribution in [2.75, 3.05) is 30.4 Å². The topological polar surface area (TPSA) is 134 Å². The number of nitriles is 1. The molecule has 2 aliphatic rings. The number of aromatic carboxylic acids is 1. The maximum Gasteiger partial charge on any atom is 0.335 e. The van der Waals surface area contributed by atoms with E-state index in [4.69, 9.17) is 28.3 Å². The Morgan fingerprint density at radius 3 is 2.23 bits per heavy atom. The van der Waals surface area contributed by atoms with Gasteiger partial charge in [-0.2, -0.15) is 5.26 Å². The van der Waals surface area contributed by atoms with E-state index in [-0.39, 0.29) is 34.4 Å². The Balaban J connectivity index is 1.53. The molecule has 2 aliphatic heterocycles. The summed E-state index contributed by atoms with van der Waals surface area (Å²) in [7, 11) is 1.51. The molecule has 202 valence electrons. The van der Waals surface area contributed by atoms with Gasteiger partial charge in [0.25, 0.3) is 5.91 Å². The fourth-order valence-electron chi connectivity index (χ4n) is 5.26. The number of likely N-dealkylation sites (N-methyl/N-ethyl adjacent to an activating group) is 1. The first-order valence-electron chi connectivity index (χ1n) is 12.0. The maximum absolute atomic E-state index is 14.2. The number of likely N-dealkylation sites (tertiary alicyclic amines) is 1. The van der Waals surface area contributed by atoms with Crippen LogP contribution in [0, 0.1) is 11.3 Å². The number of halogens is 2. The highest BCUT2D eigenvalue weighted by Gasteiger charge is 2.65. The minimum atomic E-state index is -1.47. The summed E-state index contributed by atoms with van der Waals surface area (Å²) in [4.78, 5) is 56.1. The summed E-state index contributed by atoms with van der Waals surface area (Å²) in [6.07, 6.45) is 0. The third-order valence-corrected chi connectivity index (χ3v) is 7.72. The van der Waals surface area contributed by atoms with Crippen molar-refractivity contribution in [3.8, 4) is 6.07 Å². The van der Waals surface area contributed by atoms with Gasteiger partial charge in [0.15, 0.2) is 0 Å². The number of carbonyl (C=O) groups is 4. The molecule has 2 heterocycles. The zero-order chi connectivity index (χ0) is 28.8. The number of hydrogen-bond donors (Lipinski definition) is 2. The average Bonchev–Trinajstić information content (AvgIpc) is 3.41. The summed E-state index contributed by atoms with van der Waals surface area (Å²) in [5.74, 6) is -2.28. The lowest BCUT2D eigenvalue weighted by atomic mass is 9.80. The number of rotatable bonds is 4. The largest absolute Gasteiger partial charge is 0.478 e. The Kier molecular flexibility index (Phi) is 6.87. The minimum Gasteiger partial charge on any atom is -0.478 e. The van der Waals surface area contributed by atoms with Crippen LogP contribution in [-0.4, -0.2) is 64.5 Å². The number of amides is 5. The second-order valence-electron chi connectivity index (χ2n) is 9.51. The molecule has 12 heteroatoms. The number of hydrogen-bond acceptors (Lipinski definition) is 5. The summed E-state index contributed by atoms with van der Waals surface area (Å²) >= 11 is 12.3. The van der Waals surface area contributed by atoms with Crippen LogP contribution in [0.25, 0.3) is 0 Å².